The van der Waals surface area contributed by atoms with Crippen LogP contribution in [0.25, 0.3) is 0 Å². The molecule has 0 radical (unpaired) electrons. The minimum absolute atomic E-state index is 0.287. The summed E-state index contributed by atoms with van der Waals surface area (Å²) in [5.41, 5.74) is 0. The van der Waals surface area contributed by atoms with Crippen molar-refractivity contribution in [3.05, 3.63) is 0 Å². The van der Waals surface area contributed by atoms with E-state index < -0.39 is 0 Å². The number of rotatable bonds is 7. The third-order valence-corrected chi connectivity index (χ3v) is 3.27. The molecule has 0 aromatic carbocycles. The second-order valence-electron chi connectivity index (χ2n) is 4.82. The van der Waals surface area contributed by atoms with Crippen molar-refractivity contribution in [1.29, 1.82) is 0 Å². The largest absolute Gasteiger partial charge is 0.395 e. The lowest BCUT2D eigenvalue weighted by Gasteiger charge is -2.20. The number of aliphatic hydroxyl groups is 1. The summed E-state index contributed by atoms with van der Waals surface area (Å²) in [6.45, 7) is 1.41. The van der Waals surface area contributed by atoms with Gasteiger partial charge in [0.25, 0.3) is 0 Å². The van der Waals surface area contributed by atoms with Crippen LogP contribution in [0.1, 0.15) is 32.1 Å². The first-order chi connectivity index (χ1) is 6.79. The van der Waals surface area contributed by atoms with Crippen LogP contribution < -0.4 is 5.32 Å². The zero-order chi connectivity index (χ0) is 9.97. The maximum absolute atomic E-state index is 9.19. The van der Waals surface area contributed by atoms with Gasteiger partial charge in [-0.1, -0.05) is 0 Å². The maximum Gasteiger partial charge on any atom is 0.0585 e. The van der Waals surface area contributed by atoms with Gasteiger partial charge in [0.2, 0.25) is 0 Å². The van der Waals surface area contributed by atoms with E-state index in [1.807, 2.05) is 0 Å². The van der Waals surface area contributed by atoms with Gasteiger partial charge in [0.15, 0.2) is 0 Å². The zero-order valence-corrected chi connectivity index (χ0v) is 9.08. The van der Waals surface area contributed by atoms with Crippen LogP contribution in [0.4, 0.5) is 0 Å². The third-order valence-electron chi connectivity index (χ3n) is 3.27. The van der Waals surface area contributed by atoms with Gasteiger partial charge in [-0.15, -0.1) is 0 Å². The van der Waals surface area contributed by atoms with Gasteiger partial charge in [0.05, 0.1) is 6.61 Å². The molecule has 0 bridgehead atoms. The molecule has 2 N–H and O–H groups in total. The summed E-state index contributed by atoms with van der Waals surface area (Å²) in [4.78, 5) is 2.43. The molecule has 2 aliphatic carbocycles. The average Bonchev–Trinajstić information content (AvgIpc) is 3.03. The topological polar surface area (TPSA) is 35.5 Å². The molecule has 0 amide bonds. The molecule has 82 valence electrons. The molecule has 1 atom stereocenters. The molecule has 2 rings (SSSR count). The Bertz CT molecular complexity index is 178. The second kappa shape index (κ2) is 4.60. The van der Waals surface area contributed by atoms with Gasteiger partial charge in [-0.2, -0.15) is 0 Å². The molecule has 14 heavy (non-hydrogen) atoms. The first-order valence-electron chi connectivity index (χ1n) is 5.86. The standard InChI is InChI=1S/C11H22N2O/c1-13(11-4-5-11)7-6-10(8-14)12-9-2-3-9/h9-12,14H,2-8H2,1H3. The highest BCUT2D eigenvalue weighted by Gasteiger charge is 2.27. The molecule has 2 fully saturated rings. The molecule has 0 saturated heterocycles. The molecule has 0 aromatic heterocycles. The van der Waals surface area contributed by atoms with Gasteiger partial charge in [0, 0.05) is 18.1 Å². The van der Waals surface area contributed by atoms with Crippen molar-refractivity contribution in [2.75, 3.05) is 20.2 Å². The van der Waals surface area contributed by atoms with E-state index in [9.17, 15) is 5.11 Å². The number of hydrogen-bond acceptors (Lipinski definition) is 3. The molecule has 3 heteroatoms. The highest BCUT2D eigenvalue weighted by Crippen LogP contribution is 2.25. The highest BCUT2D eigenvalue weighted by molar-refractivity contribution is 4.86. The van der Waals surface area contributed by atoms with Crippen molar-refractivity contribution < 1.29 is 5.11 Å². The Balaban J connectivity index is 1.60. The van der Waals surface area contributed by atoms with Gasteiger partial charge in [-0.05, 0) is 45.7 Å². The fourth-order valence-corrected chi connectivity index (χ4v) is 1.87. The van der Waals surface area contributed by atoms with Crippen LogP contribution in [-0.4, -0.2) is 48.3 Å². The summed E-state index contributed by atoms with van der Waals surface area (Å²) in [5.74, 6) is 0. The third kappa shape index (κ3) is 3.23. The first kappa shape index (κ1) is 10.4. The lowest BCUT2D eigenvalue weighted by Crippen LogP contribution is -2.37. The first-order valence-corrected chi connectivity index (χ1v) is 5.86. The molecular formula is C11H22N2O. The van der Waals surface area contributed by atoms with Crippen molar-refractivity contribution in [3.63, 3.8) is 0 Å². The summed E-state index contributed by atoms with van der Waals surface area (Å²) in [7, 11) is 2.20. The smallest absolute Gasteiger partial charge is 0.0585 e. The minimum Gasteiger partial charge on any atom is -0.395 e. The van der Waals surface area contributed by atoms with E-state index in [-0.39, 0.29) is 6.61 Å². The monoisotopic (exact) mass is 198 g/mol. The van der Waals surface area contributed by atoms with E-state index in [0.717, 1.165) is 19.0 Å². The van der Waals surface area contributed by atoms with E-state index in [1.165, 1.54) is 25.7 Å². The van der Waals surface area contributed by atoms with E-state index in [1.54, 1.807) is 0 Å². The van der Waals surface area contributed by atoms with Crippen LogP contribution in [0.15, 0.2) is 0 Å². The molecule has 2 saturated carbocycles. The molecule has 2 aliphatic rings. The lowest BCUT2D eigenvalue weighted by atomic mass is 10.2. The SMILES string of the molecule is CN(CCC(CO)NC1CC1)C1CC1. The molecule has 0 aliphatic heterocycles. The molecule has 3 nitrogen and oxygen atoms in total. The van der Waals surface area contributed by atoms with E-state index in [4.69, 9.17) is 0 Å². The fraction of sp³-hybridized carbons (Fsp3) is 1.00. The lowest BCUT2D eigenvalue weighted by molar-refractivity contribution is 0.214. The van der Waals surface area contributed by atoms with Gasteiger partial charge >= 0.3 is 0 Å². The van der Waals surface area contributed by atoms with Crippen molar-refractivity contribution >= 4 is 0 Å². The summed E-state index contributed by atoms with van der Waals surface area (Å²) in [6.07, 6.45) is 6.43. The van der Waals surface area contributed by atoms with Crippen LogP contribution in [-0.2, 0) is 0 Å². The van der Waals surface area contributed by atoms with Gasteiger partial charge in [-0.25, -0.2) is 0 Å². The Morgan fingerprint density at radius 3 is 2.57 bits per heavy atom. The Morgan fingerprint density at radius 1 is 1.36 bits per heavy atom. The Morgan fingerprint density at radius 2 is 2.07 bits per heavy atom. The van der Waals surface area contributed by atoms with Crippen LogP contribution >= 0.6 is 0 Å². The zero-order valence-electron chi connectivity index (χ0n) is 9.08. The number of nitrogens with zero attached hydrogens (tertiary/aromatic N) is 1. The second-order valence-corrected chi connectivity index (χ2v) is 4.82. The van der Waals surface area contributed by atoms with Crippen molar-refractivity contribution in [3.8, 4) is 0 Å². The molecule has 1 unspecified atom stereocenters. The van der Waals surface area contributed by atoms with Gasteiger partial charge < -0.3 is 15.3 Å². The van der Waals surface area contributed by atoms with Crippen molar-refractivity contribution in [2.45, 2.75) is 50.2 Å². The van der Waals surface area contributed by atoms with Crippen molar-refractivity contribution in [2.24, 2.45) is 0 Å². The average molecular weight is 198 g/mol. The Labute approximate surface area is 86.5 Å². The summed E-state index contributed by atoms with van der Waals surface area (Å²) < 4.78 is 0. The summed E-state index contributed by atoms with van der Waals surface area (Å²) >= 11 is 0. The van der Waals surface area contributed by atoms with Crippen LogP contribution in [0.3, 0.4) is 0 Å². The quantitative estimate of drug-likeness (QED) is 0.628. The van der Waals surface area contributed by atoms with E-state index in [0.29, 0.717) is 12.1 Å². The molecular weight excluding hydrogens is 176 g/mol. The number of hydrogen-bond donors (Lipinski definition) is 2. The van der Waals surface area contributed by atoms with Crippen LogP contribution in [0.2, 0.25) is 0 Å². The molecule has 0 spiro atoms. The Hall–Kier alpha value is -0.120. The van der Waals surface area contributed by atoms with Crippen molar-refractivity contribution in [1.82, 2.24) is 10.2 Å². The number of aliphatic hydroxyl groups excluding tert-OH is 1. The summed E-state index contributed by atoms with van der Waals surface area (Å²) in [5, 5.41) is 12.7. The van der Waals surface area contributed by atoms with Crippen LogP contribution in [0, 0.1) is 0 Å². The van der Waals surface area contributed by atoms with Gasteiger partial charge in [-0.3, -0.25) is 0 Å². The minimum atomic E-state index is 0.287. The van der Waals surface area contributed by atoms with Gasteiger partial charge in [0.1, 0.15) is 0 Å². The number of nitrogens with one attached hydrogen (secondary N) is 1. The normalized spacial score (nSPS) is 24.2. The highest BCUT2D eigenvalue weighted by atomic mass is 16.3. The predicted octanol–water partition coefficient (Wildman–Crippen LogP) is 0.584. The molecule has 0 aromatic rings. The fourth-order valence-electron chi connectivity index (χ4n) is 1.87. The molecule has 0 heterocycles. The van der Waals surface area contributed by atoms with E-state index in [2.05, 4.69) is 17.3 Å². The maximum atomic E-state index is 9.19. The van der Waals surface area contributed by atoms with E-state index >= 15 is 0 Å². The summed E-state index contributed by atoms with van der Waals surface area (Å²) in [6, 6.07) is 1.87. The van der Waals surface area contributed by atoms with Crippen LogP contribution in [0.5, 0.6) is 0 Å². The predicted molar refractivity (Wildman–Crippen MR) is 57.3 cm³/mol. The Kier molecular flexibility index (Phi) is 3.42.